The first-order valence-corrected chi connectivity index (χ1v) is 8.98. The quantitative estimate of drug-likeness (QED) is 0.450. The van der Waals surface area contributed by atoms with E-state index >= 15 is 0 Å². The van der Waals surface area contributed by atoms with Gasteiger partial charge in [-0.1, -0.05) is 66.2 Å². The summed E-state index contributed by atoms with van der Waals surface area (Å²) in [5.41, 5.74) is 2.17. The summed E-state index contributed by atoms with van der Waals surface area (Å²) in [6.07, 6.45) is 1.52. The molecule has 0 unspecified atom stereocenters. The van der Waals surface area contributed by atoms with Crippen LogP contribution in [0.3, 0.4) is 0 Å². The molecule has 0 aromatic heterocycles. The predicted molar refractivity (Wildman–Crippen MR) is 111 cm³/mol. The molecule has 0 radical (unpaired) electrons. The Kier molecular flexibility index (Phi) is 6.46. The Morgan fingerprint density at radius 3 is 2.54 bits per heavy atom. The molecule has 3 aromatic carbocycles. The number of carbonyl (C=O) groups is 1. The molecule has 0 heterocycles. The zero-order chi connectivity index (χ0) is 19.8. The molecule has 1 N–H and O–H groups in total. The highest BCUT2D eigenvalue weighted by molar-refractivity contribution is 6.34. The number of anilines is 1. The molecule has 0 aliphatic carbocycles. The monoisotopic (exact) mass is 388 g/mol. The van der Waals surface area contributed by atoms with Gasteiger partial charge in [0.05, 0.1) is 10.7 Å². The van der Waals surface area contributed by atoms with Crippen molar-refractivity contribution >= 4 is 29.3 Å². The lowest BCUT2D eigenvalue weighted by atomic mass is 10.1. The summed E-state index contributed by atoms with van der Waals surface area (Å²) >= 11 is 6.05. The third-order valence-electron chi connectivity index (χ3n) is 3.90. The largest absolute Gasteiger partial charge is 0.489 e. The number of hydrogen-bond acceptors (Lipinski definition) is 3. The number of amides is 1. The molecule has 0 aliphatic heterocycles. The maximum absolute atomic E-state index is 12.4. The van der Waals surface area contributed by atoms with E-state index in [1.165, 1.54) is 6.08 Å². The molecule has 0 saturated heterocycles. The zero-order valence-electron chi connectivity index (χ0n) is 14.9. The number of nitrogens with zero attached hydrogens (tertiary/aromatic N) is 1. The smallest absolute Gasteiger partial charge is 0.266 e. The van der Waals surface area contributed by atoms with Gasteiger partial charge in [0.2, 0.25) is 0 Å². The third kappa shape index (κ3) is 5.23. The molecule has 0 aliphatic rings. The fraction of sp³-hybridized carbons (Fsp3) is 0.0435. The average molecular weight is 389 g/mol. The number of hydrogen-bond donors (Lipinski definition) is 1. The first-order chi connectivity index (χ1) is 13.7. The Balaban J connectivity index is 1.72. The van der Waals surface area contributed by atoms with Crippen molar-refractivity contribution in [2.24, 2.45) is 0 Å². The van der Waals surface area contributed by atoms with Crippen LogP contribution in [0.1, 0.15) is 11.1 Å². The average Bonchev–Trinajstić information content (AvgIpc) is 2.73. The Morgan fingerprint density at radius 1 is 1.04 bits per heavy atom. The molecular weight excluding hydrogens is 372 g/mol. The van der Waals surface area contributed by atoms with Crippen molar-refractivity contribution in [3.05, 3.63) is 101 Å². The first kappa shape index (κ1) is 19.2. The lowest BCUT2D eigenvalue weighted by Gasteiger charge is -2.08. The number of halogens is 1. The number of ether oxygens (including phenoxy) is 1. The molecule has 0 spiro atoms. The van der Waals surface area contributed by atoms with E-state index in [1.54, 1.807) is 36.4 Å². The van der Waals surface area contributed by atoms with E-state index < -0.39 is 5.91 Å². The molecule has 0 bridgehead atoms. The van der Waals surface area contributed by atoms with Gasteiger partial charge < -0.3 is 10.1 Å². The molecule has 138 valence electrons. The second kappa shape index (κ2) is 9.40. The van der Waals surface area contributed by atoms with Crippen LogP contribution in [0.15, 0.2) is 84.4 Å². The van der Waals surface area contributed by atoms with E-state index in [9.17, 15) is 10.1 Å². The van der Waals surface area contributed by atoms with Crippen molar-refractivity contribution in [1.29, 1.82) is 5.26 Å². The van der Waals surface area contributed by atoms with Crippen LogP contribution in [0.25, 0.3) is 6.08 Å². The van der Waals surface area contributed by atoms with E-state index in [1.807, 2.05) is 48.5 Å². The first-order valence-electron chi connectivity index (χ1n) is 8.60. The maximum Gasteiger partial charge on any atom is 0.266 e. The van der Waals surface area contributed by atoms with Crippen molar-refractivity contribution in [3.8, 4) is 11.8 Å². The summed E-state index contributed by atoms with van der Waals surface area (Å²) in [7, 11) is 0. The summed E-state index contributed by atoms with van der Waals surface area (Å²) in [4.78, 5) is 12.4. The number of rotatable bonds is 6. The Bertz CT molecular complexity index is 1040. The van der Waals surface area contributed by atoms with Gasteiger partial charge in [0.25, 0.3) is 5.91 Å². The van der Waals surface area contributed by atoms with Crippen LogP contribution in [-0.2, 0) is 11.4 Å². The summed E-state index contributed by atoms with van der Waals surface area (Å²) < 4.78 is 5.79. The number of benzene rings is 3. The second-order valence-electron chi connectivity index (χ2n) is 5.95. The van der Waals surface area contributed by atoms with Gasteiger partial charge in [0.1, 0.15) is 24.0 Å². The van der Waals surface area contributed by atoms with Crippen LogP contribution in [0.2, 0.25) is 5.02 Å². The molecule has 4 nitrogen and oxygen atoms in total. The fourth-order valence-electron chi connectivity index (χ4n) is 2.50. The standard InChI is InChI=1S/C23H17ClN2O2/c24-21-11-4-5-12-22(21)26-23(27)19(15-25)13-18-9-6-10-20(14-18)28-16-17-7-2-1-3-8-17/h1-14H,16H2,(H,26,27)/b19-13-. The number of carbonyl (C=O) groups excluding carboxylic acids is 1. The van der Waals surface area contributed by atoms with Gasteiger partial charge in [-0.2, -0.15) is 5.26 Å². The molecule has 0 saturated carbocycles. The van der Waals surface area contributed by atoms with Crippen LogP contribution < -0.4 is 10.1 Å². The normalized spacial score (nSPS) is 10.8. The van der Waals surface area contributed by atoms with Crippen LogP contribution in [0.4, 0.5) is 5.69 Å². The van der Waals surface area contributed by atoms with Crippen LogP contribution >= 0.6 is 11.6 Å². The highest BCUT2D eigenvalue weighted by atomic mass is 35.5. The lowest BCUT2D eigenvalue weighted by molar-refractivity contribution is -0.112. The summed E-state index contributed by atoms with van der Waals surface area (Å²) in [6.45, 7) is 0.437. The van der Waals surface area contributed by atoms with E-state index in [0.29, 0.717) is 28.6 Å². The van der Waals surface area contributed by atoms with Gasteiger partial charge in [-0.25, -0.2) is 0 Å². The summed E-state index contributed by atoms with van der Waals surface area (Å²) in [5, 5.41) is 12.4. The van der Waals surface area contributed by atoms with Gasteiger partial charge >= 0.3 is 0 Å². The van der Waals surface area contributed by atoms with E-state index in [0.717, 1.165) is 5.56 Å². The van der Waals surface area contributed by atoms with Crippen LogP contribution in [0, 0.1) is 11.3 Å². The molecule has 28 heavy (non-hydrogen) atoms. The second-order valence-corrected chi connectivity index (χ2v) is 6.36. The summed E-state index contributed by atoms with van der Waals surface area (Å²) in [6, 6.07) is 25.8. The fourth-order valence-corrected chi connectivity index (χ4v) is 2.69. The molecule has 0 atom stereocenters. The van der Waals surface area contributed by atoms with Gasteiger partial charge in [-0.05, 0) is 41.5 Å². The van der Waals surface area contributed by atoms with Gasteiger partial charge in [0.15, 0.2) is 0 Å². The Morgan fingerprint density at radius 2 is 1.79 bits per heavy atom. The zero-order valence-corrected chi connectivity index (χ0v) is 15.7. The minimum Gasteiger partial charge on any atom is -0.489 e. The SMILES string of the molecule is N#C/C(=C/c1cccc(OCc2ccccc2)c1)C(=O)Nc1ccccc1Cl. The molecule has 5 heteroatoms. The molecule has 1 amide bonds. The van der Waals surface area contributed by atoms with Crippen molar-refractivity contribution in [1.82, 2.24) is 0 Å². The number of nitriles is 1. The van der Waals surface area contributed by atoms with Gasteiger partial charge in [-0.3, -0.25) is 4.79 Å². The van der Waals surface area contributed by atoms with Crippen LogP contribution in [0.5, 0.6) is 5.75 Å². The van der Waals surface area contributed by atoms with Gasteiger partial charge in [0, 0.05) is 0 Å². The highest BCUT2D eigenvalue weighted by Gasteiger charge is 2.11. The van der Waals surface area contributed by atoms with E-state index in [4.69, 9.17) is 16.3 Å². The van der Waals surface area contributed by atoms with Crippen molar-refractivity contribution < 1.29 is 9.53 Å². The molecular formula is C23H17ClN2O2. The highest BCUT2D eigenvalue weighted by Crippen LogP contribution is 2.22. The van der Waals surface area contributed by atoms with E-state index in [-0.39, 0.29) is 5.57 Å². The van der Waals surface area contributed by atoms with E-state index in [2.05, 4.69) is 5.32 Å². The minimum atomic E-state index is -0.522. The molecule has 3 rings (SSSR count). The summed E-state index contributed by atoms with van der Waals surface area (Å²) in [5.74, 6) is 0.132. The van der Waals surface area contributed by atoms with Crippen LogP contribution in [-0.4, -0.2) is 5.91 Å². The van der Waals surface area contributed by atoms with Crippen molar-refractivity contribution in [3.63, 3.8) is 0 Å². The maximum atomic E-state index is 12.4. The number of nitrogens with one attached hydrogen (secondary N) is 1. The Labute approximate surface area is 168 Å². The van der Waals surface area contributed by atoms with Gasteiger partial charge in [-0.15, -0.1) is 0 Å². The molecule has 0 fully saturated rings. The lowest BCUT2D eigenvalue weighted by Crippen LogP contribution is -2.13. The van der Waals surface area contributed by atoms with Crippen molar-refractivity contribution in [2.75, 3.05) is 5.32 Å². The Hall–Kier alpha value is -3.55. The topological polar surface area (TPSA) is 62.1 Å². The third-order valence-corrected chi connectivity index (χ3v) is 4.23. The minimum absolute atomic E-state index is 0.0277. The predicted octanol–water partition coefficient (Wildman–Crippen LogP) is 5.46. The van der Waals surface area contributed by atoms with Crippen molar-refractivity contribution in [2.45, 2.75) is 6.61 Å². The molecule has 3 aromatic rings. The number of para-hydroxylation sites is 1.